The second-order valence-electron chi connectivity index (χ2n) is 22.0. The van der Waals surface area contributed by atoms with Crippen LogP contribution in [0.5, 0.6) is 0 Å². The van der Waals surface area contributed by atoms with Crippen molar-refractivity contribution in [2.24, 2.45) is 0 Å². The number of ether oxygens (including phenoxy) is 3. The van der Waals surface area contributed by atoms with Gasteiger partial charge in [0.15, 0.2) is 6.10 Å². The van der Waals surface area contributed by atoms with Gasteiger partial charge in [0.05, 0.1) is 0 Å². The molecule has 0 bridgehead atoms. The minimum Gasteiger partial charge on any atom is -0.462 e. The van der Waals surface area contributed by atoms with Gasteiger partial charge in [-0.2, -0.15) is 0 Å². The van der Waals surface area contributed by atoms with Gasteiger partial charge in [0.25, 0.3) is 0 Å². The molecule has 0 radical (unpaired) electrons. The molecule has 0 saturated carbocycles. The Balaban J connectivity index is 4.48. The maximum Gasteiger partial charge on any atom is 0.306 e. The van der Waals surface area contributed by atoms with Crippen LogP contribution < -0.4 is 0 Å². The van der Waals surface area contributed by atoms with E-state index in [1.54, 1.807) is 0 Å². The fraction of sp³-hybridized carbons (Fsp3) is 0.667. The van der Waals surface area contributed by atoms with E-state index in [4.69, 9.17) is 14.2 Å². The lowest BCUT2D eigenvalue weighted by molar-refractivity contribution is -0.167. The van der Waals surface area contributed by atoms with Crippen molar-refractivity contribution in [1.29, 1.82) is 0 Å². The summed E-state index contributed by atoms with van der Waals surface area (Å²) in [6, 6.07) is 0. The molecule has 0 aliphatic carbocycles. The molecule has 6 heteroatoms. The van der Waals surface area contributed by atoms with Crippen molar-refractivity contribution < 1.29 is 28.6 Å². The Kier molecular flexibility index (Phi) is 64.3. The quantitative estimate of drug-likeness (QED) is 0.0261. The van der Waals surface area contributed by atoms with Crippen LogP contribution in [0.15, 0.2) is 134 Å². The van der Waals surface area contributed by atoms with E-state index in [1.165, 1.54) is 116 Å². The molecule has 1 unspecified atom stereocenters. The van der Waals surface area contributed by atoms with Crippen molar-refractivity contribution >= 4 is 17.9 Å². The molecule has 6 nitrogen and oxygen atoms in total. The van der Waals surface area contributed by atoms with Gasteiger partial charge >= 0.3 is 17.9 Å². The zero-order valence-corrected chi connectivity index (χ0v) is 52.8. The van der Waals surface area contributed by atoms with E-state index in [-0.39, 0.29) is 31.1 Å². The van der Waals surface area contributed by atoms with Crippen molar-refractivity contribution in [2.45, 2.75) is 309 Å². The first kappa shape index (κ1) is 76.5. The third-order valence-electron chi connectivity index (χ3n) is 14.2. The van der Waals surface area contributed by atoms with E-state index in [0.717, 1.165) is 148 Å². The van der Waals surface area contributed by atoms with E-state index in [2.05, 4.69) is 154 Å². The summed E-state index contributed by atoms with van der Waals surface area (Å²) < 4.78 is 16.9. The van der Waals surface area contributed by atoms with E-state index < -0.39 is 6.10 Å². The standard InChI is InChI=1S/C75H124O6/c1-4-7-10-13-16-19-22-25-28-31-34-35-36-37-38-39-42-44-47-50-53-56-59-62-65-68-74(77)80-71-72(81-75(78)69-66-63-60-57-54-51-48-45-41-33-30-27-24-21-18-15-12-9-6-3)70-79-73(76)67-64-61-58-55-52-49-46-43-40-32-29-26-23-20-17-14-11-8-5-2/h7,9-10,12,16,18-19,21,25,27-28,30,34-35,37-38,41-42,44-45,50,53,72H,4-6,8,11,13-15,17,20,22-24,26,29,31-33,36,39-40,43,46-49,51-52,54-71H2,1-3H3/b10-7-,12-9-,19-16-,21-18-,28-25-,30-27-,35-34-,38-37-,44-42-,45-41-,53-50-. The van der Waals surface area contributed by atoms with Gasteiger partial charge in [0.1, 0.15) is 13.2 Å². The smallest absolute Gasteiger partial charge is 0.306 e. The van der Waals surface area contributed by atoms with Crippen molar-refractivity contribution in [3.05, 3.63) is 134 Å². The highest BCUT2D eigenvalue weighted by Gasteiger charge is 2.19. The number of carbonyl (C=O) groups excluding carboxylic acids is 3. The number of allylic oxidation sites excluding steroid dienone is 22. The lowest BCUT2D eigenvalue weighted by atomic mass is 10.0. The lowest BCUT2D eigenvalue weighted by Crippen LogP contribution is -2.30. The largest absolute Gasteiger partial charge is 0.462 e. The molecule has 0 N–H and O–H groups in total. The maximum atomic E-state index is 12.9. The topological polar surface area (TPSA) is 78.9 Å². The van der Waals surface area contributed by atoms with Crippen molar-refractivity contribution in [3.8, 4) is 0 Å². The van der Waals surface area contributed by atoms with Crippen LogP contribution in [0.2, 0.25) is 0 Å². The molecular weight excluding hydrogens is 997 g/mol. The van der Waals surface area contributed by atoms with Crippen molar-refractivity contribution in [3.63, 3.8) is 0 Å². The number of esters is 3. The second-order valence-corrected chi connectivity index (χ2v) is 22.0. The summed E-state index contributed by atoms with van der Waals surface area (Å²) in [5.74, 6) is -0.937. The summed E-state index contributed by atoms with van der Waals surface area (Å²) in [6.45, 7) is 6.40. The van der Waals surface area contributed by atoms with Crippen LogP contribution in [0, 0.1) is 0 Å². The fourth-order valence-electron chi connectivity index (χ4n) is 9.18. The summed E-state index contributed by atoms with van der Waals surface area (Å²) in [4.78, 5) is 38.4. The lowest BCUT2D eigenvalue weighted by Gasteiger charge is -2.18. The normalized spacial score (nSPS) is 13.0. The molecule has 0 heterocycles. The van der Waals surface area contributed by atoms with Crippen molar-refractivity contribution in [2.75, 3.05) is 13.2 Å². The second kappa shape index (κ2) is 68.1. The number of unbranched alkanes of at least 4 members (excludes halogenated alkanes) is 27. The number of hydrogen-bond acceptors (Lipinski definition) is 6. The number of hydrogen-bond donors (Lipinski definition) is 0. The summed E-state index contributed by atoms with van der Waals surface area (Å²) in [7, 11) is 0. The molecule has 0 aromatic carbocycles. The average molecular weight is 1120 g/mol. The SMILES string of the molecule is CC/C=C\C/C=C\C/C=C\C/C=C\C/C=C\C/C=C\C/C=C\CCCCCC(=O)OCC(COC(=O)CCCCCCCCCCCCCCCCCCCCC)OC(=O)CCCCCCCC/C=C\C/C=C\C/C=C\C/C=C\CC. The van der Waals surface area contributed by atoms with Crippen LogP contribution >= 0.6 is 0 Å². The third kappa shape index (κ3) is 66.2. The highest BCUT2D eigenvalue weighted by molar-refractivity contribution is 5.71. The molecule has 0 saturated heterocycles. The molecule has 1 atom stereocenters. The van der Waals surface area contributed by atoms with Gasteiger partial charge in [-0.15, -0.1) is 0 Å². The number of carbonyl (C=O) groups is 3. The Bertz CT molecular complexity index is 1720. The van der Waals surface area contributed by atoms with E-state index >= 15 is 0 Å². The van der Waals surface area contributed by atoms with E-state index in [1.807, 2.05) is 0 Å². The molecule has 0 aromatic rings. The summed E-state index contributed by atoms with van der Waals surface area (Å²) in [5.41, 5.74) is 0. The highest BCUT2D eigenvalue weighted by atomic mass is 16.6. The Morgan fingerprint density at radius 1 is 0.259 bits per heavy atom. The molecular formula is C75H124O6. The van der Waals surface area contributed by atoms with Gasteiger partial charge < -0.3 is 14.2 Å². The van der Waals surface area contributed by atoms with Crippen LogP contribution in [0.3, 0.4) is 0 Å². The third-order valence-corrected chi connectivity index (χ3v) is 14.2. The summed E-state index contributed by atoms with van der Waals surface area (Å²) >= 11 is 0. The Hall–Kier alpha value is -4.45. The molecule has 0 aromatic heterocycles. The van der Waals surface area contributed by atoms with Gasteiger partial charge in [-0.1, -0.05) is 302 Å². The molecule has 0 amide bonds. The monoisotopic (exact) mass is 1120 g/mol. The highest BCUT2D eigenvalue weighted by Crippen LogP contribution is 2.16. The minimum atomic E-state index is -0.805. The predicted octanol–water partition coefficient (Wildman–Crippen LogP) is 23.3. The van der Waals surface area contributed by atoms with Crippen LogP contribution in [0.25, 0.3) is 0 Å². The molecule has 0 spiro atoms. The zero-order valence-electron chi connectivity index (χ0n) is 52.8. The molecule has 0 rings (SSSR count). The van der Waals surface area contributed by atoms with E-state index in [0.29, 0.717) is 19.3 Å². The molecule has 81 heavy (non-hydrogen) atoms. The molecule has 0 fully saturated rings. The summed E-state index contributed by atoms with van der Waals surface area (Å²) in [6.07, 6.45) is 96.0. The average Bonchev–Trinajstić information content (AvgIpc) is 3.47. The maximum absolute atomic E-state index is 12.9. The first-order chi connectivity index (χ1) is 40.0. The molecule has 460 valence electrons. The number of rotatable bonds is 60. The van der Waals surface area contributed by atoms with Crippen LogP contribution in [-0.4, -0.2) is 37.2 Å². The predicted molar refractivity (Wildman–Crippen MR) is 353 cm³/mol. The first-order valence-corrected chi connectivity index (χ1v) is 33.7. The summed E-state index contributed by atoms with van der Waals surface area (Å²) in [5, 5.41) is 0. The Morgan fingerprint density at radius 2 is 0.481 bits per heavy atom. The van der Waals surface area contributed by atoms with E-state index in [9.17, 15) is 14.4 Å². The van der Waals surface area contributed by atoms with Crippen molar-refractivity contribution in [1.82, 2.24) is 0 Å². The van der Waals surface area contributed by atoms with Crippen LogP contribution in [-0.2, 0) is 28.6 Å². The first-order valence-electron chi connectivity index (χ1n) is 33.7. The van der Waals surface area contributed by atoms with Gasteiger partial charge in [0.2, 0.25) is 0 Å². The Morgan fingerprint density at radius 3 is 0.765 bits per heavy atom. The molecule has 0 aliphatic rings. The zero-order chi connectivity index (χ0) is 58.5. The van der Waals surface area contributed by atoms with Crippen LogP contribution in [0.4, 0.5) is 0 Å². The van der Waals surface area contributed by atoms with Crippen LogP contribution in [0.1, 0.15) is 303 Å². The Labute approximate surface area is 500 Å². The van der Waals surface area contributed by atoms with Gasteiger partial charge in [-0.25, -0.2) is 0 Å². The molecule has 0 aliphatic heterocycles. The van der Waals surface area contributed by atoms with Gasteiger partial charge in [-0.3, -0.25) is 14.4 Å². The van der Waals surface area contributed by atoms with Gasteiger partial charge in [0, 0.05) is 19.3 Å². The van der Waals surface area contributed by atoms with Gasteiger partial charge in [-0.05, 0) is 116 Å². The fourth-order valence-corrected chi connectivity index (χ4v) is 9.18. The minimum absolute atomic E-state index is 0.0961.